The van der Waals surface area contributed by atoms with E-state index in [2.05, 4.69) is 5.32 Å². The Morgan fingerprint density at radius 1 is 1.53 bits per heavy atom. The molecule has 1 aromatic carbocycles. The largest absolute Gasteiger partial charge is 0.492 e. The summed E-state index contributed by atoms with van der Waals surface area (Å²) >= 11 is 6.06. The van der Waals surface area contributed by atoms with Gasteiger partial charge in [0.2, 0.25) is 5.91 Å². The Bertz CT molecular complexity index is 426. The van der Waals surface area contributed by atoms with Crippen LogP contribution in [0.25, 0.3) is 0 Å². The Balaban J connectivity index is 2.65. The van der Waals surface area contributed by atoms with Gasteiger partial charge in [0.15, 0.2) is 0 Å². The number of carbonyl (C=O) groups is 1. The van der Waals surface area contributed by atoms with Crippen LogP contribution in [0.4, 0.5) is 5.69 Å². The fraction of sp³-hybridized carbons (Fsp3) is 0.462. The van der Waals surface area contributed by atoms with Crippen molar-refractivity contribution in [1.82, 2.24) is 0 Å². The van der Waals surface area contributed by atoms with Crippen molar-refractivity contribution < 1.29 is 14.3 Å². The molecule has 0 radical (unpaired) electrons. The fourth-order valence-corrected chi connectivity index (χ4v) is 1.63. The second-order valence-corrected chi connectivity index (χ2v) is 4.45. The van der Waals surface area contributed by atoms with E-state index in [1.165, 1.54) is 7.11 Å². The van der Waals surface area contributed by atoms with E-state index in [1.54, 1.807) is 18.2 Å². The number of benzene rings is 1. The summed E-state index contributed by atoms with van der Waals surface area (Å²) in [4.78, 5) is 11.7. The Kier molecular flexibility index (Phi) is 6.62. The molecular formula is C13H19ClN2O3. The number of ether oxygens (including phenoxy) is 2. The molecule has 0 aliphatic heterocycles. The van der Waals surface area contributed by atoms with Crippen molar-refractivity contribution in [3.63, 3.8) is 0 Å². The second kappa shape index (κ2) is 7.99. The minimum Gasteiger partial charge on any atom is -0.492 e. The third-order valence-corrected chi connectivity index (χ3v) is 2.64. The van der Waals surface area contributed by atoms with Crippen LogP contribution in [0.1, 0.15) is 13.3 Å². The first-order chi connectivity index (χ1) is 9.08. The lowest BCUT2D eigenvalue weighted by molar-refractivity contribution is -0.118. The summed E-state index contributed by atoms with van der Waals surface area (Å²) in [5, 5.41) is 3.12. The molecule has 0 aromatic heterocycles. The number of anilines is 1. The summed E-state index contributed by atoms with van der Waals surface area (Å²) in [7, 11) is 1.49. The Morgan fingerprint density at radius 2 is 2.26 bits per heavy atom. The zero-order valence-corrected chi connectivity index (χ0v) is 11.9. The maximum absolute atomic E-state index is 11.7. The number of hydrogen-bond donors (Lipinski definition) is 2. The number of nitrogens with one attached hydrogen (secondary N) is 1. The molecule has 19 heavy (non-hydrogen) atoms. The number of methoxy groups -OCH3 is 1. The minimum atomic E-state index is -0.709. The van der Waals surface area contributed by atoms with Gasteiger partial charge in [-0.25, -0.2) is 0 Å². The number of carbonyl (C=O) groups excluding carboxylic acids is 1. The van der Waals surface area contributed by atoms with E-state index in [0.717, 1.165) is 6.42 Å². The van der Waals surface area contributed by atoms with Gasteiger partial charge in [-0.3, -0.25) is 4.79 Å². The monoisotopic (exact) mass is 286 g/mol. The summed E-state index contributed by atoms with van der Waals surface area (Å²) in [6, 6.07) is 4.35. The molecule has 106 valence electrons. The first kappa shape index (κ1) is 15.8. The van der Waals surface area contributed by atoms with Gasteiger partial charge in [-0.2, -0.15) is 0 Å². The van der Waals surface area contributed by atoms with E-state index in [1.807, 2.05) is 6.92 Å². The van der Waals surface area contributed by atoms with Crippen molar-refractivity contribution in [3.05, 3.63) is 23.2 Å². The highest BCUT2D eigenvalue weighted by atomic mass is 35.5. The van der Waals surface area contributed by atoms with Crippen molar-refractivity contribution in [2.75, 3.05) is 25.6 Å². The van der Waals surface area contributed by atoms with Gasteiger partial charge in [-0.1, -0.05) is 18.5 Å². The average molecular weight is 287 g/mol. The third kappa shape index (κ3) is 5.06. The van der Waals surface area contributed by atoms with Crippen molar-refractivity contribution in [3.8, 4) is 5.75 Å². The molecule has 0 aliphatic carbocycles. The molecule has 5 nitrogen and oxygen atoms in total. The van der Waals surface area contributed by atoms with Crippen LogP contribution in [0.5, 0.6) is 5.75 Å². The third-order valence-electron chi connectivity index (χ3n) is 2.34. The summed E-state index contributed by atoms with van der Waals surface area (Å²) in [6.07, 6.45) is 0.903. The molecule has 1 unspecified atom stereocenters. The molecule has 3 N–H and O–H groups in total. The molecule has 1 amide bonds. The normalized spacial score (nSPS) is 12.0. The molecule has 0 saturated carbocycles. The van der Waals surface area contributed by atoms with Gasteiger partial charge in [-0.15, -0.1) is 0 Å². The topological polar surface area (TPSA) is 73.6 Å². The van der Waals surface area contributed by atoms with Crippen LogP contribution in [-0.4, -0.2) is 32.3 Å². The number of nitrogens with two attached hydrogens (primary N) is 1. The van der Waals surface area contributed by atoms with Gasteiger partial charge in [0.05, 0.1) is 18.2 Å². The quantitative estimate of drug-likeness (QED) is 0.804. The summed E-state index contributed by atoms with van der Waals surface area (Å²) in [5.74, 6) is 0.280. The van der Waals surface area contributed by atoms with Crippen LogP contribution < -0.4 is 15.8 Å². The molecule has 0 heterocycles. The number of rotatable bonds is 7. The number of halogens is 1. The Labute approximate surface area is 118 Å². The van der Waals surface area contributed by atoms with Crippen LogP contribution in [0.2, 0.25) is 5.02 Å². The van der Waals surface area contributed by atoms with Crippen molar-refractivity contribution >= 4 is 23.2 Å². The molecule has 1 rings (SSSR count). The van der Waals surface area contributed by atoms with Crippen LogP contribution in [0.15, 0.2) is 18.2 Å². The highest BCUT2D eigenvalue weighted by molar-refractivity contribution is 6.32. The zero-order valence-electron chi connectivity index (χ0n) is 11.1. The highest BCUT2D eigenvalue weighted by Crippen LogP contribution is 2.27. The average Bonchev–Trinajstić information content (AvgIpc) is 2.38. The molecule has 0 fully saturated rings. The molecule has 0 aliphatic rings. The maximum Gasteiger partial charge on any atom is 0.243 e. The first-order valence-electron chi connectivity index (χ1n) is 6.06. The van der Waals surface area contributed by atoms with Crippen LogP contribution in [0, 0.1) is 0 Å². The summed E-state index contributed by atoms with van der Waals surface area (Å²) < 4.78 is 10.3. The summed E-state index contributed by atoms with van der Waals surface area (Å²) in [5.41, 5.74) is 6.19. The van der Waals surface area contributed by atoms with E-state index >= 15 is 0 Å². The smallest absolute Gasteiger partial charge is 0.243 e. The molecular weight excluding hydrogens is 268 g/mol. The lowest BCUT2D eigenvalue weighted by Gasteiger charge is -2.12. The molecule has 0 saturated heterocycles. The van der Waals surface area contributed by atoms with Gasteiger partial charge in [-0.05, 0) is 24.6 Å². The fourth-order valence-electron chi connectivity index (χ4n) is 1.40. The lowest BCUT2D eigenvalue weighted by Crippen LogP contribution is -2.39. The van der Waals surface area contributed by atoms with Gasteiger partial charge >= 0.3 is 0 Å². The standard InChI is InChI=1S/C13H19ClN2O3/c1-3-6-19-12-5-4-9(7-10(12)14)16-13(17)11(15)8-18-2/h4-5,7,11H,3,6,8,15H2,1-2H3,(H,16,17). The molecule has 1 aromatic rings. The minimum absolute atomic E-state index is 0.164. The number of hydrogen-bond acceptors (Lipinski definition) is 4. The zero-order chi connectivity index (χ0) is 14.3. The second-order valence-electron chi connectivity index (χ2n) is 4.04. The van der Waals surface area contributed by atoms with Crippen LogP contribution in [-0.2, 0) is 9.53 Å². The Morgan fingerprint density at radius 3 is 2.84 bits per heavy atom. The van der Waals surface area contributed by atoms with E-state index in [-0.39, 0.29) is 12.5 Å². The van der Waals surface area contributed by atoms with Gasteiger partial charge in [0.1, 0.15) is 11.8 Å². The predicted octanol–water partition coefficient (Wildman–Crippen LogP) is 2.04. The maximum atomic E-state index is 11.7. The van der Waals surface area contributed by atoms with Crippen LogP contribution >= 0.6 is 11.6 Å². The van der Waals surface area contributed by atoms with Crippen molar-refractivity contribution in [2.24, 2.45) is 5.73 Å². The highest BCUT2D eigenvalue weighted by Gasteiger charge is 2.13. The lowest BCUT2D eigenvalue weighted by atomic mass is 10.2. The van der Waals surface area contributed by atoms with Gasteiger partial charge in [0, 0.05) is 12.8 Å². The molecule has 0 bridgehead atoms. The van der Waals surface area contributed by atoms with E-state index in [4.69, 9.17) is 26.8 Å². The van der Waals surface area contributed by atoms with E-state index in [0.29, 0.717) is 23.1 Å². The SMILES string of the molecule is CCCOc1ccc(NC(=O)C(N)COC)cc1Cl. The molecule has 1 atom stereocenters. The van der Waals surface area contributed by atoms with Gasteiger partial charge in [0.25, 0.3) is 0 Å². The predicted molar refractivity (Wildman–Crippen MR) is 75.7 cm³/mol. The van der Waals surface area contributed by atoms with Crippen molar-refractivity contribution in [2.45, 2.75) is 19.4 Å². The summed E-state index contributed by atoms with van der Waals surface area (Å²) in [6.45, 7) is 2.78. The Hall–Kier alpha value is -1.30. The van der Waals surface area contributed by atoms with Crippen molar-refractivity contribution in [1.29, 1.82) is 0 Å². The molecule has 0 spiro atoms. The number of amides is 1. The van der Waals surface area contributed by atoms with E-state index in [9.17, 15) is 4.79 Å². The van der Waals surface area contributed by atoms with Gasteiger partial charge < -0.3 is 20.5 Å². The van der Waals surface area contributed by atoms with Crippen LogP contribution in [0.3, 0.4) is 0 Å². The van der Waals surface area contributed by atoms with E-state index < -0.39 is 6.04 Å². The molecule has 6 heteroatoms. The first-order valence-corrected chi connectivity index (χ1v) is 6.44.